The van der Waals surface area contributed by atoms with Gasteiger partial charge < -0.3 is 13.9 Å². The van der Waals surface area contributed by atoms with Gasteiger partial charge in [-0.2, -0.15) is 5.10 Å². The monoisotopic (exact) mass is 438 g/mol. The summed E-state index contributed by atoms with van der Waals surface area (Å²) in [7, 11) is 1.51. The van der Waals surface area contributed by atoms with Gasteiger partial charge in [0.15, 0.2) is 12.9 Å². The first-order valence-electron chi connectivity index (χ1n) is 9.54. The van der Waals surface area contributed by atoms with Crippen molar-refractivity contribution in [3.05, 3.63) is 82.8 Å². The number of halogens is 1. The van der Waals surface area contributed by atoms with Gasteiger partial charge in [-0.05, 0) is 48.0 Å². The molecule has 1 aliphatic heterocycles. The molecule has 8 heteroatoms. The van der Waals surface area contributed by atoms with E-state index in [4.69, 9.17) is 25.5 Å². The van der Waals surface area contributed by atoms with E-state index in [1.807, 2.05) is 12.1 Å². The number of carbonyl (C=O) groups excluding carboxylic acids is 2. The number of hydrazone groups is 1. The molecule has 0 saturated carbocycles. The van der Waals surface area contributed by atoms with Crippen LogP contribution in [0.15, 0.2) is 70.4 Å². The molecule has 4 rings (SSSR count). The smallest absolute Gasteiger partial charge is 0.281 e. The van der Waals surface area contributed by atoms with Crippen LogP contribution in [0.5, 0.6) is 11.5 Å². The number of hydrogen-bond acceptors (Lipinski definition) is 6. The second-order valence-electron chi connectivity index (χ2n) is 6.84. The zero-order valence-electron chi connectivity index (χ0n) is 16.7. The second-order valence-corrected chi connectivity index (χ2v) is 7.27. The first-order chi connectivity index (χ1) is 15.1. The number of rotatable bonds is 7. The fourth-order valence-electron chi connectivity index (χ4n) is 3.34. The lowest BCUT2D eigenvalue weighted by atomic mass is 10.0. The molecule has 2 aromatic carbocycles. The second kappa shape index (κ2) is 9.06. The Bertz CT molecular complexity index is 1110. The molecule has 1 atom stereocenters. The van der Waals surface area contributed by atoms with Crippen LogP contribution >= 0.6 is 11.6 Å². The van der Waals surface area contributed by atoms with Gasteiger partial charge in [0.1, 0.15) is 23.3 Å². The van der Waals surface area contributed by atoms with Crippen molar-refractivity contribution in [1.82, 2.24) is 5.01 Å². The number of ether oxygens (including phenoxy) is 2. The minimum Gasteiger partial charge on any atom is -0.497 e. The summed E-state index contributed by atoms with van der Waals surface area (Å²) in [6.45, 7) is -0.290. The molecule has 0 aliphatic carbocycles. The van der Waals surface area contributed by atoms with E-state index in [1.165, 1.54) is 12.1 Å². The Hall–Kier alpha value is -3.58. The largest absolute Gasteiger partial charge is 0.497 e. The zero-order chi connectivity index (χ0) is 21.8. The third kappa shape index (κ3) is 4.46. The van der Waals surface area contributed by atoms with Gasteiger partial charge in [-0.3, -0.25) is 9.59 Å². The number of furan rings is 1. The van der Waals surface area contributed by atoms with Crippen molar-refractivity contribution in [3.63, 3.8) is 0 Å². The Labute approximate surface area is 183 Å². The van der Waals surface area contributed by atoms with Crippen molar-refractivity contribution in [3.8, 4) is 11.5 Å². The lowest BCUT2D eigenvalue weighted by molar-refractivity contribution is -0.135. The van der Waals surface area contributed by atoms with Crippen molar-refractivity contribution in [2.24, 2.45) is 5.10 Å². The molecule has 1 aromatic heterocycles. The third-order valence-corrected chi connectivity index (χ3v) is 5.16. The number of amides is 1. The standard InChI is InChI=1S/C23H19ClN2O5/c1-29-18-8-9-21(16(11-18)13-27)31-14-23(28)26-20(22-3-2-10-30-22)12-19(25-26)15-4-6-17(24)7-5-15/h2-11,13,20H,12,14H2,1H3. The maximum atomic E-state index is 13.0. The van der Waals surface area contributed by atoms with Crippen LogP contribution in [-0.2, 0) is 4.79 Å². The Kier molecular flexibility index (Phi) is 6.04. The van der Waals surface area contributed by atoms with Crippen LogP contribution in [0.1, 0.15) is 34.1 Å². The van der Waals surface area contributed by atoms with E-state index in [-0.39, 0.29) is 12.5 Å². The molecule has 0 fully saturated rings. The van der Waals surface area contributed by atoms with Crippen LogP contribution in [0, 0.1) is 0 Å². The van der Waals surface area contributed by atoms with Gasteiger partial charge in [-0.25, -0.2) is 5.01 Å². The van der Waals surface area contributed by atoms with Crippen LogP contribution in [0.2, 0.25) is 5.02 Å². The normalized spacial score (nSPS) is 15.5. The van der Waals surface area contributed by atoms with Crippen molar-refractivity contribution in [2.75, 3.05) is 13.7 Å². The minimum atomic E-state index is -0.391. The Morgan fingerprint density at radius 2 is 2.06 bits per heavy atom. The van der Waals surface area contributed by atoms with Crippen molar-refractivity contribution in [1.29, 1.82) is 0 Å². The first kappa shape index (κ1) is 20.7. The summed E-state index contributed by atoms with van der Waals surface area (Å²) in [5.41, 5.74) is 1.90. The molecule has 1 unspecified atom stereocenters. The van der Waals surface area contributed by atoms with E-state index >= 15 is 0 Å². The van der Waals surface area contributed by atoms with Gasteiger partial charge in [-0.15, -0.1) is 0 Å². The molecule has 1 aliphatic rings. The molecule has 2 heterocycles. The summed E-state index contributed by atoms with van der Waals surface area (Å²) in [5.74, 6) is 1.08. The third-order valence-electron chi connectivity index (χ3n) is 4.91. The number of aldehydes is 1. The maximum Gasteiger partial charge on any atom is 0.281 e. The van der Waals surface area contributed by atoms with Crippen molar-refractivity contribution < 1.29 is 23.5 Å². The highest BCUT2D eigenvalue weighted by Gasteiger charge is 2.35. The van der Waals surface area contributed by atoms with Gasteiger partial charge in [0.25, 0.3) is 5.91 Å². The van der Waals surface area contributed by atoms with Gasteiger partial charge in [0.05, 0.1) is 24.6 Å². The topological polar surface area (TPSA) is 81.3 Å². The highest BCUT2D eigenvalue weighted by Crippen LogP contribution is 2.33. The molecule has 0 bridgehead atoms. The number of methoxy groups -OCH3 is 1. The van der Waals surface area contributed by atoms with Gasteiger partial charge in [0.2, 0.25) is 0 Å². The predicted molar refractivity (Wildman–Crippen MR) is 115 cm³/mol. The van der Waals surface area contributed by atoms with Crippen LogP contribution in [0.4, 0.5) is 0 Å². The molecule has 0 saturated heterocycles. The highest BCUT2D eigenvalue weighted by atomic mass is 35.5. The van der Waals surface area contributed by atoms with E-state index in [1.54, 1.807) is 48.7 Å². The average molecular weight is 439 g/mol. The number of carbonyl (C=O) groups is 2. The molecule has 7 nitrogen and oxygen atoms in total. The summed E-state index contributed by atoms with van der Waals surface area (Å²) < 4.78 is 16.3. The van der Waals surface area contributed by atoms with Gasteiger partial charge >= 0.3 is 0 Å². The Morgan fingerprint density at radius 1 is 1.26 bits per heavy atom. The summed E-state index contributed by atoms with van der Waals surface area (Å²) in [6, 6.07) is 15.2. The number of benzene rings is 2. The van der Waals surface area contributed by atoms with Crippen molar-refractivity contribution >= 4 is 29.5 Å². The Balaban J connectivity index is 1.55. The predicted octanol–water partition coefficient (Wildman–Crippen LogP) is 4.51. The molecule has 0 radical (unpaired) electrons. The fraction of sp³-hybridized carbons (Fsp3) is 0.174. The van der Waals surface area contributed by atoms with E-state index in [9.17, 15) is 9.59 Å². The van der Waals surface area contributed by atoms with Crippen LogP contribution in [0.25, 0.3) is 0 Å². The SMILES string of the molecule is COc1ccc(OCC(=O)N2N=C(c3ccc(Cl)cc3)CC2c2ccco2)c(C=O)c1. The van der Waals surface area contributed by atoms with E-state index in [0.717, 1.165) is 11.3 Å². The minimum absolute atomic E-state index is 0.290. The molecule has 3 aromatic rings. The van der Waals surface area contributed by atoms with Crippen molar-refractivity contribution in [2.45, 2.75) is 12.5 Å². The number of hydrogen-bond donors (Lipinski definition) is 0. The summed E-state index contributed by atoms with van der Waals surface area (Å²) >= 11 is 5.98. The van der Waals surface area contributed by atoms with E-state index in [0.29, 0.717) is 40.6 Å². The molecule has 0 N–H and O–H groups in total. The number of nitrogens with zero attached hydrogens (tertiary/aromatic N) is 2. The Morgan fingerprint density at radius 3 is 2.74 bits per heavy atom. The quantitative estimate of drug-likeness (QED) is 0.507. The lowest BCUT2D eigenvalue weighted by Gasteiger charge is -2.20. The van der Waals surface area contributed by atoms with E-state index in [2.05, 4.69) is 5.10 Å². The van der Waals surface area contributed by atoms with Crippen LogP contribution in [0.3, 0.4) is 0 Å². The zero-order valence-corrected chi connectivity index (χ0v) is 17.4. The summed E-state index contributed by atoms with van der Waals surface area (Å²) in [5, 5.41) is 6.53. The molecular weight excluding hydrogens is 420 g/mol. The molecule has 1 amide bonds. The summed E-state index contributed by atoms with van der Waals surface area (Å²) in [4.78, 5) is 24.3. The first-order valence-corrected chi connectivity index (χ1v) is 9.91. The molecule has 0 spiro atoms. The van der Waals surface area contributed by atoms with Crippen LogP contribution < -0.4 is 9.47 Å². The maximum absolute atomic E-state index is 13.0. The lowest BCUT2D eigenvalue weighted by Crippen LogP contribution is -2.31. The van der Waals surface area contributed by atoms with Gasteiger partial charge in [-0.1, -0.05) is 23.7 Å². The summed E-state index contributed by atoms with van der Waals surface area (Å²) in [6.07, 6.45) is 2.70. The molecule has 158 valence electrons. The molecular formula is C23H19ClN2O5. The van der Waals surface area contributed by atoms with Gasteiger partial charge in [0, 0.05) is 11.4 Å². The fourth-order valence-corrected chi connectivity index (χ4v) is 3.47. The van der Waals surface area contributed by atoms with Crippen LogP contribution in [-0.4, -0.2) is 36.6 Å². The highest BCUT2D eigenvalue weighted by molar-refractivity contribution is 6.30. The molecule has 31 heavy (non-hydrogen) atoms. The average Bonchev–Trinajstić information content (AvgIpc) is 3.48. The van der Waals surface area contributed by atoms with E-state index < -0.39 is 6.04 Å².